The maximum Gasteiger partial charge on any atom is 0.251 e. The lowest BCUT2D eigenvalue weighted by atomic mass is 9.48. The molecular formula is C26H31NO4. The Hall–Kier alpha value is -2.69. The Labute approximate surface area is 183 Å². The number of nitrogens with one attached hydrogen (secondary N) is 1. The van der Waals surface area contributed by atoms with Crippen LogP contribution in [0.1, 0.15) is 60.0 Å². The monoisotopic (exact) mass is 421 g/mol. The number of rotatable bonds is 6. The highest BCUT2D eigenvalue weighted by Gasteiger charge is 2.52. The summed E-state index contributed by atoms with van der Waals surface area (Å²) >= 11 is 0. The molecule has 6 rings (SSSR count). The lowest BCUT2D eigenvalue weighted by molar-refractivity contribution is -0.00617. The number of carbonyl (C=O) groups excluding carboxylic acids is 1. The van der Waals surface area contributed by atoms with Crippen LogP contribution in [0.5, 0.6) is 17.2 Å². The van der Waals surface area contributed by atoms with Crippen LogP contribution < -0.4 is 10.1 Å². The zero-order valence-corrected chi connectivity index (χ0v) is 18.1. The fraction of sp³-hybridized carbons (Fsp3) is 0.500. The smallest absolute Gasteiger partial charge is 0.251 e. The summed E-state index contributed by atoms with van der Waals surface area (Å²) < 4.78 is 5.75. The van der Waals surface area contributed by atoms with Gasteiger partial charge in [-0.15, -0.1) is 0 Å². The summed E-state index contributed by atoms with van der Waals surface area (Å²) in [4.78, 5) is 12.9. The number of benzene rings is 2. The number of hydrogen-bond acceptors (Lipinski definition) is 4. The first-order valence-electron chi connectivity index (χ1n) is 11.4. The molecule has 4 fully saturated rings. The molecule has 4 aliphatic carbocycles. The number of methoxy groups -OCH3 is 1. The van der Waals surface area contributed by atoms with Gasteiger partial charge in [-0.3, -0.25) is 4.79 Å². The predicted octanol–water partition coefficient (Wildman–Crippen LogP) is 4.55. The lowest BCUT2D eigenvalue weighted by Gasteiger charge is -2.57. The maximum absolute atomic E-state index is 12.9. The molecule has 0 spiro atoms. The van der Waals surface area contributed by atoms with Gasteiger partial charge in [-0.05, 0) is 97.9 Å². The van der Waals surface area contributed by atoms with Crippen molar-refractivity contribution in [2.75, 3.05) is 13.7 Å². The van der Waals surface area contributed by atoms with E-state index < -0.39 is 0 Å². The van der Waals surface area contributed by atoms with Crippen LogP contribution >= 0.6 is 0 Å². The third-order valence-electron chi connectivity index (χ3n) is 7.82. The molecule has 2 aromatic rings. The van der Waals surface area contributed by atoms with Gasteiger partial charge in [0, 0.05) is 23.7 Å². The molecular weight excluding hydrogens is 390 g/mol. The molecule has 4 saturated carbocycles. The van der Waals surface area contributed by atoms with E-state index in [0.29, 0.717) is 24.1 Å². The molecule has 31 heavy (non-hydrogen) atoms. The summed E-state index contributed by atoms with van der Waals surface area (Å²) in [6.45, 7) is 0.413. The topological polar surface area (TPSA) is 78.8 Å². The van der Waals surface area contributed by atoms with E-state index in [4.69, 9.17) is 4.74 Å². The van der Waals surface area contributed by atoms with E-state index in [2.05, 4.69) is 11.4 Å². The molecule has 0 saturated heterocycles. The van der Waals surface area contributed by atoms with E-state index in [1.807, 2.05) is 12.1 Å². The fourth-order valence-corrected chi connectivity index (χ4v) is 6.88. The minimum atomic E-state index is -0.105. The SMILES string of the molecule is COc1ccc(C(=O)NCCc2ccc(O)cc2O)cc1C12CC3CC(CC(C3)C1)C2. The molecule has 164 valence electrons. The summed E-state index contributed by atoms with van der Waals surface area (Å²) in [5.74, 6) is 3.35. The first kappa shape index (κ1) is 20.2. The summed E-state index contributed by atoms with van der Waals surface area (Å²) in [5.41, 5.74) is 2.75. The second-order valence-corrected chi connectivity index (χ2v) is 9.93. The van der Waals surface area contributed by atoms with Gasteiger partial charge in [0.25, 0.3) is 5.91 Å². The van der Waals surface area contributed by atoms with Gasteiger partial charge in [0.15, 0.2) is 0 Å². The van der Waals surface area contributed by atoms with Crippen molar-refractivity contribution < 1.29 is 19.7 Å². The molecule has 3 N–H and O–H groups in total. The van der Waals surface area contributed by atoms with E-state index in [1.54, 1.807) is 13.2 Å². The highest BCUT2D eigenvalue weighted by Crippen LogP contribution is 2.61. The normalized spacial score (nSPS) is 28.5. The summed E-state index contributed by atoms with van der Waals surface area (Å²) in [5, 5.41) is 22.3. The van der Waals surface area contributed by atoms with Crippen LogP contribution in [0.25, 0.3) is 0 Å². The molecule has 0 heterocycles. The van der Waals surface area contributed by atoms with Crippen LogP contribution in [0.4, 0.5) is 0 Å². The van der Waals surface area contributed by atoms with Crippen LogP contribution in [-0.2, 0) is 11.8 Å². The van der Waals surface area contributed by atoms with Crippen molar-refractivity contribution in [1.29, 1.82) is 0 Å². The molecule has 4 aliphatic rings. The van der Waals surface area contributed by atoms with E-state index in [9.17, 15) is 15.0 Å². The van der Waals surface area contributed by atoms with Gasteiger partial charge in [0.2, 0.25) is 0 Å². The first-order valence-corrected chi connectivity index (χ1v) is 11.4. The van der Waals surface area contributed by atoms with Crippen molar-refractivity contribution in [3.8, 4) is 17.2 Å². The highest BCUT2D eigenvalue weighted by molar-refractivity contribution is 5.94. The molecule has 4 bridgehead atoms. The molecule has 5 heteroatoms. The quantitative estimate of drug-likeness (QED) is 0.640. The third-order valence-corrected chi connectivity index (χ3v) is 7.82. The second-order valence-electron chi connectivity index (χ2n) is 9.93. The Balaban J connectivity index is 1.33. The van der Waals surface area contributed by atoms with E-state index in [0.717, 1.165) is 23.5 Å². The predicted molar refractivity (Wildman–Crippen MR) is 119 cm³/mol. The average Bonchev–Trinajstić information content (AvgIpc) is 2.74. The molecule has 0 atom stereocenters. The Morgan fingerprint density at radius 3 is 2.32 bits per heavy atom. The molecule has 0 aromatic heterocycles. The summed E-state index contributed by atoms with van der Waals surface area (Å²) in [6, 6.07) is 10.4. The molecule has 2 aromatic carbocycles. The van der Waals surface area contributed by atoms with Crippen molar-refractivity contribution in [2.24, 2.45) is 17.8 Å². The lowest BCUT2D eigenvalue weighted by Crippen LogP contribution is -2.48. The molecule has 0 unspecified atom stereocenters. The Morgan fingerprint density at radius 1 is 1.03 bits per heavy atom. The van der Waals surface area contributed by atoms with Gasteiger partial charge in [0.05, 0.1) is 7.11 Å². The largest absolute Gasteiger partial charge is 0.508 e. The van der Waals surface area contributed by atoms with Gasteiger partial charge in [-0.1, -0.05) is 6.07 Å². The number of carbonyl (C=O) groups is 1. The van der Waals surface area contributed by atoms with Crippen LogP contribution in [0, 0.1) is 17.8 Å². The molecule has 0 radical (unpaired) electrons. The van der Waals surface area contributed by atoms with Crippen molar-refractivity contribution in [2.45, 2.75) is 50.4 Å². The Kier molecular flexibility index (Phi) is 5.07. The van der Waals surface area contributed by atoms with Crippen LogP contribution in [0.2, 0.25) is 0 Å². The highest BCUT2D eigenvalue weighted by atomic mass is 16.5. The zero-order chi connectivity index (χ0) is 21.6. The molecule has 5 nitrogen and oxygen atoms in total. The number of amides is 1. The fourth-order valence-electron chi connectivity index (χ4n) is 6.88. The zero-order valence-electron chi connectivity index (χ0n) is 18.1. The standard InChI is InChI=1S/C26H31NO4/c1-31-24-5-3-20(25(30)27-7-6-19-2-4-21(28)12-23(19)29)11-22(24)26-13-16-8-17(14-26)10-18(9-16)15-26/h2-5,11-12,16-18,28-29H,6-10,13-15H2,1H3,(H,27,30). The van der Waals surface area contributed by atoms with Crippen molar-refractivity contribution in [1.82, 2.24) is 5.32 Å². The van der Waals surface area contributed by atoms with Crippen LogP contribution in [0.3, 0.4) is 0 Å². The molecule has 1 amide bonds. The number of hydrogen-bond donors (Lipinski definition) is 3. The van der Waals surface area contributed by atoms with Gasteiger partial charge in [-0.25, -0.2) is 0 Å². The first-order chi connectivity index (χ1) is 15.0. The van der Waals surface area contributed by atoms with Gasteiger partial charge < -0.3 is 20.3 Å². The van der Waals surface area contributed by atoms with E-state index >= 15 is 0 Å². The Morgan fingerprint density at radius 2 is 1.71 bits per heavy atom. The van der Waals surface area contributed by atoms with Crippen LogP contribution in [-0.4, -0.2) is 29.8 Å². The van der Waals surface area contributed by atoms with E-state index in [1.165, 1.54) is 56.2 Å². The van der Waals surface area contributed by atoms with Gasteiger partial charge in [-0.2, -0.15) is 0 Å². The van der Waals surface area contributed by atoms with Crippen molar-refractivity contribution in [3.05, 3.63) is 53.1 Å². The number of aromatic hydroxyl groups is 2. The minimum Gasteiger partial charge on any atom is -0.508 e. The molecule has 0 aliphatic heterocycles. The number of ether oxygens (including phenoxy) is 1. The van der Waals surface area contributed by atoms with E-state index in [-0.39, 0.29) is 22.8 Å². The summed E-state index contributed by atoms with van der Waals surface area (Å²) in [7, 11) is 1.73. The minimum absolute atomic E-state index is 0.0284. The summed E-state index contributed by atoms with van der Waals surface area (Å²) in [6.07, 6.45) is 8.31. The van der Waals surface area contributed by atoms with Crippen molar-refractivity contribution >= 4 is 5.91 Å². The Bertz CT molecular complexity index is 964. The average molecular weight is 422 g/mol. The van der Waals surface area contributed by atoms with Gasteiger partial charge >= 0.3 is 0 Å². The third kappa shape index (κ3) is 3.75. The van der Waals surface area contributed by atoms with Crippen molar-refractivity contribution in [3.63, 3.8) is 0 Å². The number of phenolic OH excluding ortho intramolecular Hbond substituents is 2. The number of phenols is 2. The van der Waals surface area contributed by atoms with Gasteiger partial charge in [0.1, 0.15) is 17.2 Å². The maximum atomic E-state index is 12.9. The second kappa shape index (κ2) is 7.77. The van der Waals surface area contributed by atoms with Crippen LogP contribution in [0.15, 0.2) is 36.4 Å².